The lowest BCUT2D eigenvalue weighted by Gasteiger charge is -2.08. The monoisotopic (exact) mass is 201 g/mol. The summed E-state index contributed by atoms with van der Waals surface area (Å²) in [5.41, 5.74) is 0.287. The molecule has 1 N–H and O–H groups in total. The van der Waals surface area contributed by atoms with E-state index in [1.165, 1.54) is 6.07 Å². The fourth-order valence-electron chi connectivity index (χ4n) is 0.770. The maximum Gasteiger partial charge on any atom is 0.147 e. The van der Waals surface area contributed by atoms with E-state index in [1.54, 1.807) is 18.2 Å². The topological polar surface area (TPSA) is 29.1 Å². The Bertz CT molecular complexity index is 314. The molecule has 0 amide bonds. The Kier molecular flexibility index (Phi) is 3.42. The minimum absolute atomic E-state index is 0.0281. The van der Waals surface area contributed by atoms with Crippen LogP contribution >= 0.6 is 0 Å². The third-order valence-electron chi connectivity index (χ3n) is 1.51. The molecule has 0 spiro atoms. The van der Waals surface area contributed by atoms with Crippen LogP contribution in [0.15, 0.2) is 24.3 Å². The first-order valence-electron chi connectivity index (χ1n) is 4.03. The van der Waals surface area contributed by atoms with E-state index in [0.29, 0.717) is 0 Å². The van der Waals surface area contributed by atoms with Crippen molar-refractivity contribution in [3.05, 3.63) is 30.1 Å². The van der Waals surface area contributed by atoms with Gasteiger partial charge in [-0.2, -0.15) is 0 Å². The summed E-state index contributed by atoms with van der Waals surface area (Å²) in [6, 6.07) is 6.19. The van der Waals surface area contributed by atoms with Crippen molar-refractivity contribution in [1.29, 1.82) is 0 Å². The van der Waals surface area contributed by atoms with Gasteiger partial charge in [0.05, 0.1) is 5.69 Å². The van der Waals surface area contributed by atoms with Crippen LogP contribution in [0.2, 0.25) is 0 Å². The second kappa shape index (κ2) is 4.37. The number of rotatable bonds is 3. The molecular formula is C9H12FNOS. The van der Waals surface area contributed by atoms with Gasteiger partial charge in [0.25, 0.3) is 0 Å². The molecule has 1 unspecified atom stereocenters. The Balaban J connectivity index is 2.75. The number of halogens is 1. The van der Waals surface area contributed by atoms with E-state index in [-0.39, 0.29) is 16.8 Å². The Morgan fingerprint density at radius 3 is 2.54 bits per heavy atom. The van der Waals surface area contributed by atoms with Crippen molar-refractivity contribution in [3.63, 3.8) is 0 Å². The molecule has 1 aromatic rings. The SMILES string of the molecule is CC(C)S(=O)Nc1ccccc1F. The first kappa shape index (κ1) is 10.2. The van der Waals surface area contributed by atoms with E-state index >= 15 is 0 Å². The molecule has 1 rings (SSSR count). The van der Waals surface area contributed by atoms with Crippen molar-refractivity contribution in [1.82, 2.24) is 0 Å². The van der Waals surface area contributed by atoms with Gasteiger partial charge in [0.2, 0.25) is 0 Å². The molecule has 0 saturated heterocycles. The highest BCUT2D eigenvalue weighted by molar-refractivity contribution is 7.86. The minimum Gasteiger partial charge on any atom is -0.302 e. The molecule has 2 nitrogen and oxygen atoms in total. The predicted octanol–water partition coefficient (Wildman–Crippen LogP) is 2.31. The van der Waals surface area contributed by atoms with Crippen LogP contribution < -0.4 is 4.72 Å². The lowest BCUT2D eigenvalue weighted by molar-refractivity contribution is 0.631. The maximum atomic E-state index is 13.0. The normalized spacial score (nSPS) is 12.9. The molecule has 0 bridgehead atoms. The van der Waals surface area contributed by atoms with Crippen molar-refractivity contribution >= 4 is 16.7 Å². The van der Waals surface area contributed by atoms with Gasteiger partial charge in [-0.05, 0) is 26.0 Å². The molecule has 0 heterocycles. The van der Waals surface area contributed by atoms with E-state index < -0.39 is 11.0 Å². The molecule has 0 fully saturated rings. The van der Waals surface area contributed by atoms with Crippen LogP contribution in [0.5, 0.6) is 0 Å². The van der Waals surface area contributed by atoms with Gasteiger partial charge in [0.15, 0.2) is 0 Å². The van der Waals surface area contributed by atoms with Gasteiger partial charge in [-0.3, -0.25) is 0 Å². The van der Waals surface area contributed by atoms with E-state index in [0.717, 1.165) is 0 Å². The van der Waals surface area contributed by atoms with Gasteiger partial charge in [-0.25, -0.2) is 8.60 Å². The summed E-state index contributed by atoms with van der Waals surface area (Å²) >= 11 is 0. The van der Waals surface area contributed by atoms with Gasteiger partial charge < -0.3 is 4.72 Å². The first-order chi connectivity index (χ1) is 6.11. The zero-order valence-electron chi connectivity index (χ0n) is 7.58. The van der Waals surface area contributed by atoms with Gasteiger partial charge in [0, 0.05) is 5.25 Å². The number of hydrogen-bond donors (Lipinski definition) is 1. The summed E-state index contributed by atoms with van der Waals surface area (Å²) in [4.78, 5) is 0. The smallest absolute Gasteiger partial charge is 0.147 e. The largest absolute Gasteiger partial charge is 0.302 e. The zero-order valence-corrected chi connectivity index (χ0v) is 8.40. The van der Waals surface area contributed by atoms with E-state index in [1.807, 2.05) is 13.8 Å². The lowest BCUT2D eigenvalue weighted by atomic mass is 10.3. The third-order valence-corrected chi connectivity index (χ3v) is 2.79. The Labute approximate surface area is 79.8 Å². The van der Waals surface area contributed by atoms with E-state index in [2.05, 4.69) is 4.72 Å². The van der Waals surface area contributed by atoms with Crippen LogP contribution in [0.25, 0.3) is 0 Å². The zero-order chi connectivity index (χ0) is 9.84. The molecule has 72 valence electrons. The maximum absolute atomic E-state index is 13.0. The summed E-state index contributed by atoms with van der Waals surface area (Å²) in [7, 11) is -1.22. The highest BCUT2D eigenvalue weighted by atomic mass is 32.2. The van der Waals surface area contributed by atoms with Crippen LogP contribution in [0.3, 0.4) is 0 Å². The van der Waals surface area contributed by atoms with Crippen molar-refractivity contribution < 1.29 is 8.60 Å². The Hall–Kier alpha value is -0.900. The van der Waals surface area contributed by atoms with Crippen LogP contribution in [-0.2, 0) is 11.0 Å². The molecule has 4 heteroatoms. The predicted molar refractivity (Wildman–Crippen MR) is 53.3 cm³/mol. The molecular weight excluding hydrogens is 189 g/mol. The van der Waals surface area contributed by atoms with Gasteiger partial charge >= 0.3 is 0 Å². The van der Waals surface area contributed by atoms with Crippen molar-refractivity contribution in [2.45, 2.75) is 19.1 Å². The van der Waals surface area contributed by atoms with Crippen LogP contribution in [-0.4, -0.2) is 9.46 Å². The van der Waals surface area contributed by atoms with Crippen molar-refractivity contribution in [2.75, 3.05) is 4.72 Å². The summed E-state index contributed by atoms with van der Waals surface area (Å²) < 4.78 is 26.9. The number of nitrogens with one attached hydrogen (secondary N) is 1. The number of anilines is 1. The molecule has 0 radical (unpaired) electrons. The highest BCUT2D eigenvalue weighted by Crippen LogP contribution is 2.13. The van der Waals surface area contributed by atoms with E-state index in [4.69, 9.17) is 0 Å². The Morgan fingerprint density at radius 2 is 2.00 bits per heavy atom. The average Bonchev–Trinajstić information content (AvgIpc) is 2.08. The summed E-state index contributed by atoms with van der Waals surface area (Å²) in [5.74, 6) is -0.378. The fourth-order valence-corrected chi connectivity index (χ4v) is 1.39. The second-order valence-electron chi connectivity index (χ2n) is 2.93. The quantitative estimate of drug-likeness (QED) is 0.798. The lowest BCUT2D eigenvalue weighted by Crippen LogP contribution is -2.15. The van der Waals surface area contributed by atoms with Crippen LogP contribution in [0, 0.1) is 5.82 Å². The van der Waals surface area contributed by atoms with Gasteiger partial charge in [-0.1, -0.05) is 12.1 Å². The van der Waals surface area contributed by atoms with Crippen molar-refractivity contribution in [2.24, 2.45) is 0 Å². The third kappa shape index (κ3) is 2.81. The Morgan fingerprint density at radius 1 is 1.38 bits per heavy atom. The molecule has 1 aromatic carbocycles. The van der Waals surface area contributed by atoms with E-state index in [9.17, 15) is 8.60 Å². The average molecular weight is 201 g/mol. The van der Waals surface area contributed by atoms with Gasteiger partial charge in [0.1, 0.15) is 16.8 Å². The van der Waals surface area contributed by atoms with Gasteiger partial charge in [-0.15, -0.1) is 0 Å². The molecule has 0 aliphatic heterocycles. The summed E-state index contributed by atoms with van der Waals surface area (Å²) in [6.07, 6.45) is 0. The molecule has 0 aromatic heterocycles. The van der Waals surface area contributed by atoms with Crippen LogP contribution in [0.4, 0.5) is 10.1 Å². The second-order valence-corrected chi connectivity index (χ2v) is 4.67. The molecule has 1 atom stereocenters. The number of hydrogen-bond acceptors (Lipinski definition) is 1. The molecule has 0 aliphatic carbocycles. The summed E-state index contributed by atoms with van der Waals surface area (Å²) in [5, 5.41) is -0.0281. The molecule has 13 heavy (non-hydrogen) atoms. The van der Waals surface area contributed by atoms with Crippen LogP contribution in [0.1, 0.15) is 13.8 Å². The number of benzene rings is 1. The number of para-hydroxylation sites is 1. The summed E-state index contributed by atoms with van der Waals surface area (Å²) in [6.45, 7) is 3.62. The molecule has 0 saturated carbocycles. The van der Waals surface area contributed by atoms with Crippen molar-refractivity contribution in [3.8, 4) is 0 Å². The minimum atomic E-state index is -1.22. The standard InChI is InChI=1S/C9H12FNOS/c1-7(2)13(12)11-9-6-4-3-5-8(9)10/h3-7,11H,1-2H3. The fraction of sp³-hybridized carbons (Fsp3) is 0.333. The molecule has 0 aliphatic rings. The highest BCUT2D eigenvalue weighted by Gasteiger charge is 2.07. The first-order valence-corrected chi connectivity index (χ1v) is 5.24.